The summed E-state index contributed by atoms with van der Waals surface area (Å²) in [5.41, 5.74) is 0.730. The molecule has 2 rings (SSSR count). The van der Waals surface area contributed by atoms with E-state index in [4.69, 9.17) is 4.74 Å². The lowest BCUT2D eigenvalue weighted by atomic mass is 10.3. The highest BCUT2D eigenvalue weighted by Crippen LogP contribution is 2.32. The first-order chi connectivity index (χ1) is 7.18. The molecule has 0 aliphatic carbocycles. The molecule has 82 valence electrons. The van der Waals surface area contributed by atoms with E-state index in [0.29, 0.717) is 26.3 Å². The Balaban J connectivity index is 2.16. The van der Waals surface area contributed by atoms with Gasteiger partial charge in [0.1, 0.15) is 0 Å². The maximum Gasteiger partial charge on any atom is 0.256 e. The summed E-state index contributed by atoms with van der Waals surface area (Å²) in [6.45, 7) is 2.63. The summed E-state index contributed by atoms with van der Waals surface area (Å²) in [6, 6.07) is 1.85. The number of hydrogen-bond donors (Lipinski definition) is 0. The molecule has 0 N–H and O–H groups in total. The van der Waals surface area contributed by atoms with E-state index in [1.165, 1.54) is 11.3 Å². The van der Waals surface area contributed by atoms with Gasteiger partial charge in [-0.2, -0.15) is 0 Å². The first kappa shape index (κ1) is 11.6. The minimum atomic E-state index is 0.0760. The molecule has 1 aromatic heterocycles. The first-order valence-electron chi connectivity index (χ1n) is 4.50. The van der Waals surface area contributed by atoms with Crippen molar-refractivity contribution in [1.82, 2.24) is 4.90 Å². The smallest absolute Gasteiger partial charge is 0.256 e. The Morgan fingerprint density at radius 2 is 2.07 bits per heavy atom. The predicted octanol–water partition coefficient (Wildman–Crippen LogP) is 2.75. The van der Waals surface area contributed by atoms with E-state index < -0.39 is 0 Å². The summed E-state index contributed by atoms with van der Waals surface area (Å²) in [7, 11) is 0. The monoisotopic (exact) mass is 353 g/mol. The average Bonchev–Trinajstić information content (AvgIpc) is 2.58. The van der Waals surface area contributed by atoms with Crippen molar-refractivity contribution in [1.29, 1.82) is 0 Å². The van der Waals surface area contributed by atoms with Crippen LogP contribution in [0.25, 0.3) is 0 Å². The number of carbonyl (C=O) groups excluding carboxylic acids is 1. The topological polar surface area (TPSA) is 29.5 Å². The normalized spacial score (nSPS) is 16.8. The fourth-order valence-corrected chi connectivity index (χ4v) is 4.20. The average molecular weight is 355 g/mol. The Morgan fingerprint density at radius 1 is 1.40 bits per heavy atom. The Morgan fingerprint density at radius 3 is 2.60 bits per heavy atom. The van der Waals surface area contributed by atoms with Crippen molar-refractivity contribution in [2.75, 3.05) is 26.3 Å². The molecule has 0 bridgehead atoms. The molecule has 0 radical (unpaired) electrons. The molecule has 1 saturated heterocycles. The Labute approximate surface area is 109 Å². The number of carbonyl (C=O) groups is 1. The van der Waals surface area contributed by atoms with Crippen LogP contribution >= 0.6 is 43.2 Å². The number of rotatable bonds is 1. The molecule has 0 atom stereocenters. The SMILES string of the molecule is O=C(c1cc(Br)sc1Br)N1CCOCC1. The van der Waals surface area contributed by atoms with Gasteiger partial charge in [0.2, 0.25) is 0 Å². The summed E-state index contributed by atoms with van der Waals surface area (Å²) < 4.78 is 7.05. The second kappa shape index (κ2) is 4.95. The fourth-order valence-electron chi connectivity index (χ4n) is 1.42. The van der Waals surface area contributed by atoms with Crippen LogP contribution in [-0.2, 0) is 4.74 Å². The van der Waals surface area contributed by atoms with Gasteiger partial charge in [-0.1, -0.05) is 0 Å². The van der Waals surface area contributed by atoms with Crippen molar-refractivity contribution >= 4 is 49.1 Å². The zero-order valence-corrected chi connectivity index (χ0v) is 11.8. The van der Waals surface area contributed by atoms with E-state index in [1.54, 1.807) is 0 Å². The van der Waals surface area contributed by atoms with Crippen molar-refractivity contribution in [2.24, 2.45) is 0 Å². The van der Waals surface area contributed by atoms with Crippen LogP contribution in [0.1, 0.15) is 10.4 Å². The molecule has 1 aromatic rings. The van der Waals surface area contributed by atoms with Crippen molar-refractivity contribution in [3.8, 4) is 0 Å². The molecule has 0 aromatic carbocycles. The van der Waals surface area contributed by atoms with Crippen LogP contribution < -0.4 is 0 Å². The summed E-state index contributed by atoms with van der Waals surface area (Å²) in [5.74, 6) is 0.0760. The minimum absolute atomic E-state index is 0.0760. The van der Waals surface area contributed by atoms with E-state index in [2.05, 4.69) is 31.9 Å². The standard InChI is InChI=1S/C9H9Br2NO2S/c10-7-5-6(8(11)15-7)9(13)12-1-3-14-4-2-12/h5H,1-4H2. The highest BCUT2D eigenvalue weighted by molar-refractivity contribution is 9.12. The van der Waals surface area contributed by atoms with Gasteiger partial charge in [0.25, 0.3) is 5.91 Å². The number of halogens is 2. The highest BCUT2D eigenvalue weighted by atomic mass is 79.9. The van der Waals surface area contributed by atoms with Gasteiger partial charge in [0, 0.05) is 13.1 Å². The van der Waals surface area contributed by atoms with Gasteiger partial charge in [0.15, 0.2) is 0 Å². The number of morpholine rings is 1. The molecule has 1 aliphatic rings. The molecule has 0 saturated carbocycles. The maximum atomic E-state index is 12.1. The second-order valence-corrected chi connectivity index (χ2v) is 6.89. The van der Waals surface area contributed by atoms with E-state index in [-0.39, 0.29) is 5.91 Å². The number of amides is 1. The molecule has 6 heteroatoms. The highest BCUT2D eigenvalue weighted by Gasteiger charge is 2.21. The van der Waals surface area contributed by atoms with Crippen LogP contribution in [0.2, 0.25) is 0 Å². The van der Waals surface area contributed by atoms with Gasteiger partial charge in [-0.25, -0.2) is 0 Å². The van der Waals surface area contributed by atoms with Gasteiger partial charge >= 0.3 is 0 Å². The van der Waals surface area contributed by atoms with Gasteiger partial charge in [0.05, 0.1) is 26.4 Å². The fraction of sp³-hybridized carbons (Fsp3) is 0.444. The number of hydrogen-bond acceptors (Lipinski definition) is 3. The third kappa shape index (κ3) is 2.61. The summed E-state index contributed by atoms with van der Waals surface area (Å²) in [6.07, 6.45) is 0. The van der Waals surface area contributed by atoms with Crippen LogP contribution in [0.5, 0.6) is 0 Å². The van der Waals surface area contributed by atoms with Crippen molar-refractivity contribution in [2.45, 2.75) is 0 Å². The van der Waals surface area contributed by atoms with Crippen LogP contribution in [0.15, 0.2) is 13.6 Å². The second-order valence-electron chi connectivity index (χ2n) is 3.14. The zero-order chi connectivity index (χ0) is 10.8. The van der Waals surface area contributed by atoms with E-state index >= 15 is 0 Å². The molecule has 1 amide bonds. The van der Waals surface area contributed by atoms with Crippen LogP contribution in [0.3, 0.4) is 0 Å². The quantitative estimate of drug-likeness (QED) is 0.776. The predicted molar refractivity (Wildman–Crippen MR) is 66.4 cm³/mol. The molecule has 0 unspecified atom stereocenters. The van der Waals surface area contributed by atoms with Gasteiger partial charge < -0.3 is 9.64 Å². The molecule has 1 fully saturated rings. The van der Waals surface area contributed by atoms with Crippen molar-refractivity contribution < 1.29 is 9.53 Å². The zero-order valence-electron chi connectivity index (χ0n) is 7.83. The van der Waals surface area contributed by atoms with Crippen molar-refractivity contribution in [3.05, 3.63) is 19.2 Å². The lowest BCUT2D eigenvalue weighted by molar-refractivity contribution is 0.0302. The lowest BCUT2D eigenvalue weighted by Gasteiger charge is -2.26. The van der Waals surface area contributed by atoms with Gasteiger partial charge in [-0.05, 0) is 37.9 Å². The van der Waals surface area contributed by atoms with E-state index in [1.807, 2.05) is 11.0 Å². The Bertz CT molecular complexity index is 374. The summed E-state index contributed by atoms with van der Waals surface area (Å²) >= 11 is 8.28. The maximum absolute atomic E-state index is 12.1. The van der Waals surface area contributed by atoms with Crippen LogP contribution in [0.4, 0.5) is 0 Å². The molecule has 0 spiro atoms. The van der Waals surface area contributed by atoms with Crippen LogP contribution in [0, 0.1) is 0 Å². The Hall–Kier alpha value is 0.0900. The largest absolute Gasteiger partial charge is 0.378 e. The van der Waals surface area contributed by atoms with E-state index in [0.717, 1.165) is 13.1 Å². The van der Waals surface area contributed by atoms with Gasteiger partial charge in [-0.3, -0.25) is 4.79 Å². The molecule has 3 nitrogen and oxygen atoms in total. The third-order valence-corrected chi connectivity index (χ3v) is 4.52. The van der Waals surface area contributed by atoms with E-state index in [9.17, 15) is 4.79 Å². The number of thiophene rings is 1. The number of nitrogens with zero attached hydrogens (tertiary/aromatic N) is 1. The number of ether oxygens (including phenoxy) is 1. The lowest BCUT2D eigenvalue weighted by Crippen LogP contribution is -2.40. The first-order valence-corrected chi connectivity index (χ1v) is 6.90. The van der Waals surface area contributed by atoms with Gasteiger partial charge in [-0.15, -0.1) is 11.3 Å². The van der Waals surface area contributed by atoms with Crippen molar-refractivity contribution in [3.63, 3.8) is 0 Å². The summed E-state index contributed by atoms with van der Waals surface area (Å²) in [5, 5.41) is 0. The molecular formula is C9H9Br2NO2S. The molecule has 15 heavy (non-hydrogen) atoms. The molecular weight excluding hydrogens is 346 g/mol. The summed E-state index contributed by atoms with van der Waals surface area (Å²) in [4.78, 5) is 13.9. The molecule has 2 heterocycles. The molecule has 1 aliphatic heterocycles. The minimum Gasteiger partial charge on any atom is -0.378 e. The Kier molecular flexibility index (Phi) is 3.82. The van der Waals surface area contributed by atoms with Crippen LogP contribution in [-0.4, -0.2) is 37.1 Å². The third-order valence-electron chi connectivity index (χ3n) is 2.19.